The average Bonchev–Trinajstić information content (AvgIpc) is 3.21. The Kier molecular flexibility index (Phi) is 4.38. The standard InChI is InChI=1S/C19H11F4N3OS/c1-9-12-6-17(18(27)24-16-8-14(22)13(21)7-15(16)23)28-19(12)26(25-9)11-4-2-10(20)3-5-11/h2-8H,1H3,(H,24,27). The lowest BCUT2D eigenvalue weighted by Crippen LogP contribution is -2.12. The number of rotatable bonds is 3. The van der Waals surface area contributed by atoms with Crippen LogP contribution in [-0.2, 0) is 0 Å². The Hall–Kier alpha value is -3.20. The molecular weight excluding hydrogens is 394 g/mol. The molecule has 2 aromatic heterocycles. The van der Waals surface area contributed by atoms with Crippen LogP contribution in [0.2, 0.25) is 0 Å². The third-order valence-electron chi connectivity index (χ3n) is 4.10. The lowest BCUT2D eigenvalue weighted by Gasteiger charge is -2.06. The second-order valence-corrected chi connectivity index (χ2v) is 7.03. The minimum Gasteiger partial charge on any atom is -0.319 e. The molecule has 4 rings (SSSR count). The summed E-state index contributed by atoms with van der Waals surface area (Å²) in [7, 11) is 0. The molecule has 9 heteroatoms. The molecule has 0 saturated heterocycles. The van der Waals surface area contributed by atoms with E-state index in [4.69, 9.17) is 0 Å². The van der Waals surface area contributed by atoms with Crippen molar-refractivity contribution in [2.24, 2.45) is 0 Å². The van der Waals surface area contributed by atoms with Crippen LogP contribution in [0.5, 0.6) is 0 Å². The molecule has 1 N–H and O–H groups in total. The van der Waals surface area contributed by atoms with E-state index in [0.717, 1.165) is 11.3 Å². The van der Waals surface area contributed by atoms with Crippen LogP contribution in [0.1, 0.15) is 15.4 Å². The van der Waals surface area contributed by atoms with Gasteiger partial charge in [-0.15, -0.1) is 11.3 Å². The number of fused-ring (bicyclic) bond motifs is 1. The highest BCUT2D eigenvalue weighted by atomic mass is 32.1. The predicted octanol–water partition coefficient (Wildman–Crippen LogP) is 5.20. The smallest absolute Gasteiger partial charge is 0.265 e. The van der Waals surface area contributed by atoms with Crippen molar-refractivity contribution in [2.75, 3.05) is 5.32 Å². The van der Waals surface area contributed by atoms with Gasteiger partial charge in [0.15, 0.2) is 11.6 Å². The van der Waals surface area contributed by atoms with Crippen LogP contribution in [0.25, 0.3) is 15.9 Å². The first-order valence-electron chi connectivity index (χ1n) is 8.04. The summed E-state index contributed by atoms with van der Waals surface area (Å²) in [5.41, 5.74) is 0.798. The largest absolute Gasteiger partial charge is 0.319 e. The third kappa shape index (κ3) is 3.13. The molecule has 2 heterocycles. The first kappa shape index (κ1) is 18.2. The Morgan fingerprint density at radius 1 is 1.00 bits per heavy atom. The molecule has 2 aromatic carbocycles. The van der Waals surface area contributed by atoms with Gasteiger partial charge in [-0.2, -0.15) is 5.10 Å². The van der Waals surface area contributed by atoms with Gasteiger partial charge in [-0.1, -0.05) is 0 Å². The van der Waals surface area contributed by atoms with Crippen molar-refractivity contribution in [3.05, 3.63) is 76.3 Å². The molecule has 1 amide bonds. The number of thiophene rings is 1. The van der Waals surface area contributed by atoms with Gasteiger partial charge >= 0.3 is 0 Å². The van der Waals surface area contributed by atoms with Crippen molar-refractivity contribution >= 4 is 33.1 Å². The van der Waals surface area contributed by atoms with Gasteiger partial charge in [0, 0.05) is 17.5 Å². The Morgan fingerprint density at radius 3 is 2.39 bits per heavy atom. The number of halogens is 4. The van der Waals surface area contributed by atoms with Crippen molar-refractivity contribution in [3.8, 4) is 5.69 Å². The first-order chi connectivity index (χ1) is 13.3. The Bertz CT molecular complexity index is 1210. The van der Waals surface area contributed by atoms with Crippen molar-refractivity contribution in [1.29, 1.82) is 0 Å². The van der Waals surface area contributed by atoms with Gasteiger partial charge < -0.3 is 5.32 Å². The number of anilines is 1. The fraction of sp³-hybridized carbons (Fsp3) is 0.0526. The summed E-state index contributed by atoms with van der Waals surface area (Å²) in [5, 5.41) is 7.33. The third-order valence-corrected chi connectivity index (χ3v) is 5.21. The highest BCUT2D eigenvalue weighted by Gasteiger charge is 2.19. The molecule has 0 fully saturated rings. The molecule has 0 spiro atoms. The molecule has 0 unspecified atom stereocenters. The van der Waals surface area contributed by atoms with Crippen LogP contribution in [0, 0.1) is 30.2 Å². The number of hydrogen-bond donors (Lipinski definition) is 1. The Balaban J connectivity index is 1.70. The van der Waals surface area contributed by atoms with Gasteiger partial charge in [0.25, 0.3) is 5.91 Å². The van der Waals surface area contributed by atoms with Crippen LogP contribution in [0.15, 0.2) is 42.5 Å². The minimum atomic E-state index is -1.34. The zero-order valence-corrected chi connectivity index (χ0v) is 15.1. The fourth-order valence-electron chi connectivity index (χ4n) is 2.72. The van der Waals surface area contributed by atoms with Crippen molar-refractivity contribution < 1.29 is 22.4 Å². The summed E-state index contributed by atoms with van der Waals surface area (Å²) >= 11 is 1.09. The second kappa shape index (κ2) is 6.75. The maximum absolute atomic E-state index is 13.8. The van der Waals surface area contributed by atoms with Gasteiger partial charge in [0.1, 0.15) is 16.5 Å². The van der Waals surface area contributed by atoms with E-state index < -0.39 is 29.0 Å². The van der Waals surface area contributed by atoms with Crippen LogP contribution >= 0.6 is 11.3 Å². The van der Waals surface area contributed by atoms with E-state index in [1.807, 2.05) is 0 Å². The van der Waals surface area contributed by atoms with E-state index >= 15 is 0 Å². The maximum atomic E-state index is 13.8. The predicted molar refractivity (Wildman–Crippen MR) is 97.9 cm³/mol. The number of benzene rings is 2. The van der Waals surface area contributed by atoms with Crippen LogP contribution in [-0.4, -0.2) is 15.7 Å². The number of aryl methyl sites for hydroxylation is 1. The van der Waals surface area contributed by atoms with Crippen molar-refractivity contribution in [1.82, 2.24) is 9.78 Å². The average molecular weight is 405 g/mol. The number of aromatic nitrogens is 2. The normalized spacial score (nSPS) is 11.2. The molecule has 0 atom stereocenters. The summed E-state index contributed by atoms with van der Waals surface area (Å²) in [5.74, 6) is -4.75. The van der Waals surface area contributed by atoms with E-state index in [0.29, 0.717) is 33.7 Å². The lowest BCUT2D eigenvalue weighted by molar-refractivity contribution is 0.103. The highest BCUT2D eigenvalue weighted by Crippen LogP contribution is 2.31. The zero-order valence-electron chi connectivity index (χ0n) is 14.3. The molecule has 4 nitrogen and oxygen atoms in total. The van der Waals surface area contributed by atoms with Gasteiger partial charge in [-0.05, 0) is 37.3 Å². The number of nitrogens with one attached hydrogen (secondary N) is 1. The van der Waals surface area contributed by atoms with Gasteiger partial charge in [-0.3, -0.25) is 4.79 Å². The van der Waals surface area contributed by atoms with E-state index in [1.54, 1.807) is 29.8 Å². The molecule has 0 radical (unpaired) electrons. The van der Waals surface area contributed by atoms with E-state index in [2.05, 4.69) is 10.4 Å². The highest BCUT2D eigenvalue weighted by molar-refractivity contribution is 7.20. The van der Waals surface area contributed by atoms with Gasteiger partial charge in [0.05, 0.1) is 21.9 Å². The van der Waals surface area contributed by atoms with E-state index in [9.17, 15) is 22.4 Å². The maximum Gasteiger partial charge on any atom is 0.265 e. The first-order valence-corrected chi connectivity index (χ1v) is 8.86. The van der Waals surface area contributed by atoms with Gasteiger partial charge in [0.2, 0.25) is 0 Å². The monoisotopic (exact) mass is 405 g/mol. The SMILES string of the molecule is Cc1nn(-c2ccc(F)cc2)c2sc(C(=O)Nc3cc(F)c(F)cc3F)cc12. The number of amides is 1. The molecular formula is C19H11F4N3OS. The molecule has 4 aromatic rings. The van der Waals surface area contributed by atoms with Crippen molar-refractivity contribution in [3.63, 3.8) is 0 Å². The van der Waals surface area contributed by atoms with Crippen LogP contribution in [0.3, 0.4) is 0 Å². The number of carbonyl (C=O) groups is 1. The number of carbonyl (C=O) groups excluding carboxylic acids is 1. The molecule has 0 aliphatic carbocycles. The molecule has 0 aliphatic rings. The van der Waals surface area contributed by atoms with Crippen molar-refractivity contribution in [2.45, 2.75) is 6.92 Å². The van der Waals surface area contributed by atoms with Crippen LogP contribution < -0.4 is 5.32 Å². The Labute approximate surface area is 160 Å². The topological polar surface area (TPSA) is 46.9 Å². The van der Waals surface area contributed by atoms with E-state index in [-0.39, 0.29) is 10.7 Å². The summed E-state index contributed by atoms with van der Waals surface area (Å²) in [4.78, 5) is 13.3. The minimum absolute atomic E-state index is 0.232. The van der Waals surface area contributed by atoms with Crippen LogP contribution in [0.4, 0.5) is 23.2 Å². The zero-order chi connectivity index (χ0) is 20.0. The molecule has 142 valence electrons. The number of nitrogens with zero attached hydrogens (tertiary/aromatic N) is 2. The Morgan fingerprint density at radius 2 is 1.68 bits per heavy atom. The quantitative estimate of drug-likeness (QED) is 0.376. The summed E-state index contributed by atoms with van der Waals surface area (Å²) in [6.07, 6.45) is 0. The molecule has 0 bridgehead atoms. The molecule has 28 heavy (non-hydrogen) atoms. The lowest BCUT2D eigenvalue weighted by atomic mass is 10.2. The van der Waals surface area contributed by atoms with E-state index in [1.165, 1.54) is 12.1 Å². The van der Waals surface area contributed by atoms with Gasteiger partial charge in [-0.25, -0.2) is 22.2 Å². The fourth-order valence-corrected chi connectivity index (χ4v) is 3.80. The summed E-state index contributed by atoms with van der Waals surface area (Å²) in [6, 6.07) is 8.23. The number of hydrogen-bond acceptors (Lipinski definition) is 3. The molecule has 0 saturated carbocycles. The molecule has 0 aliphatic heterocycles. The summed E-state index contributed by atoms with van der Waals surface area (Å²) < 4.78 is 54.9. The summed E-state index contributed by atoms with van der Waals surface area (Å²) in [6.45, 7) is 1.76. The second-order valence-electron chi connectivity index (χ2n) is 6.00.